The Hall–Kier alpha value is -1.02. The summed E-state index contributed by atoms with van der Waals surface area (Å²) in [5.41, 5.74) is 0.863. The highest BCUT2D eigenvalue weighted by Crippen LogP contribution is 2.33. The lowest BCUT2D eigenvalue weighted by Gasteiger charge is -2.45. The molecule has 2 saturated heterocycles. The van der Waals surface area contributed by atoms with Crippen LogP contribution in [0.15, 0.2) is 30.3 Å². The Bertz CT molecular complexity index is 437. The first-order valence-electron chi connectivity index (χ1n) is 6.57. The van der Waals surface area contributed by atoms with E-state index < -0.39 is 37.0 Å². The van der Waals surface area contributed by atoms with E-state index >= 15 is 0 Å². The smallest absolute Gasteiger partial charge is 0.186 e. The van der Waals surface area contributed by atoms with Gasteiger partial charge in [-0.3, -0.25) is 0 Å². The summed E-state index contributed by atoms with van der Waals surface area (Å²) in [5, 5.41) is 20.1. The van der Waals surface area contributed by atoms with Gasteiger partial charge in [0, 0.05) is 12.7 Å². The lowest BCUT2D eigenvalue weighted by Crippen LogP contribution is -2.62. The minimum atomic E-state index is -1.14. The van der Waals surface area contributed by atoms with Gasteiger partial charge in [-0.05, 0) is 0 Å². The molecule has 0 aliphatic carbocycles. The fourth-order valence-corrected chi connectivity index (χ4v) is 2.55. The van der Waals surface area contributed by atoms with Crippen LogP contribution in [0.3, 0.4) is 0 Å². The first-order valence-corrected chi connectivity index (χ1v) is 6.57. The fourth-order valence-electron chi connectivity index (χ4n) is 2.55. The van der Waals surface area contributed by atoms with Crippen molar-refractivity contribution in [2.75, 3.05) is 13.7 Å². The first-order chi connectivity index (χ1) is 9.70. The quantitative estimate of drug-likeness (QED) is 0.806. The zero-order valence-corrected chi connectivity index (χ0v) is 11.1. The Balaban J connectivity index is 1.74. The number of aliphatic hydroxyl groups excluding tert-OH is 2. The van der Waals surface area contributed by atoms with Gasteiger partial charge in [0.1, 0.15) is 24.4 Å². The van der Waals surface area contributed by atoms with Crippen LogP contribution in [-0.4, -0.2) is 54.6 Å². The molecule has 6 nitrogen and oxygen atoms in total. The molecule has 1 aromatic carbocycles. The highest BCUT2D eigenvalue weighted by atomic mass is 16.7. The number of methoxy groups -OCH3 is 1. The van der Waals surface area contributed by atoms with Gasteiger partial charge in [-0.15, -0.1) is 0 Å². The molecule has 2 heterocycles. The largest absolute Gasteiger partial charge is 0.387 e. The normalized spacial score (nSPS) is 41.1. The Morgan fingerprint density at radius 1 is 1.10 bits per heavy atom. The summed E-state index contributed by atoms with van der Waals surface area (Å²) in [6, 6.07) is 9.45. The second kappa shape index (κ2) is 5.77. The van der Waals surface area contributed by atoms with Crippen LogP contribution < -0.4 is 0 Å². The molecule has 3 rings (SSSR count). The first kappa shape index (κ1) is 13.9. The number of hydrogen-bond donors (Lipinski definition) is 2. The van der Waals surface area contributed by atoms with E-state index in [0.29, 0.717) is 0 Å². The number of ether oxygens (including phenoxy) is 4. The van der Waals surface area contributed by atoms with E-state index in [-0.39, 0.29) is 6.61 Å². The minimum Gasteiger partial charge on any atom is -0.387 e. The Morgan fingerprint density at radius 3 is 2.55 bits per heavy atom. The third-order valence-electron chi connectivity index (χ3n) is 3.64. The van der Waals surface area contributed by atoms with E-state index in [4.69, 9.17) is 18.9 Å². The van der Waals surface area contributed by atoms with Gasteiger partial charge in [-0.2, -0.15) is 0 Å². The van der Waals surface area contributed by atoms with Gasteiger partial charge in [0.2, 0.25) is 0 Å². The van der Waals surface area contributed by atoms with E-state index in [0.717, 1.165) is 5.56 Å². The maximum Gasteiger partial charge on any atom is 0.186 e. The molecule has 0 amide bonds. The van der Waals surface area contributed by atoms with Crippen LogP contribution in [0.5, 0.6) is 0 Å². The van der Waals surface area contributed by atoms with Gasteiger partial charge >= 0.3 is 0 Å². The summed E-state index contributed by atoms with van der Waals surface area (Å²) in [4.78, 5) is 0. The molecule has 110 valence electrons. The Labute approximate surface area is 116 Å². The second-order valence-corrected chi connectivity index (χ2v) is 4.94. The summed E-state index contributed by atoms with van der Waals surface area (Å²) < 4.78 is 21.9. The predicted molar refractivity (Wildman–Crippen MR) is 67.7 cm³/mol. The number of hydrogen-bond acceptors (Lipinski definition) is 6. The summed E-state index contributed by atoms with van der Waals surface area (Å²) in [6.45, 7) is 0.272. The van der Waals surface area contributed by atoms with Crippen molar-refractivity contribution in [3.05, 3.63) is 35.9 Å². The van der Waals surface area contributed by atoms with Gasteiger partial charge in [0.05, 0.1) is 6.61 Å². The Kier molecular flexibility index (Phi) is 4.02. The van der Waals surface area contributed by atoms with Crippen LogP contribution in [0.25, 0.3) is 0 Å². The molecule has 0 aromatic heterocycles. The van der Waals surface area contributed by atoms with Crippen molar-refractivity contribution in [3.8, 4) is 0 Å². The number of aliphatic hydroxyl groups is 2. The molecular formula is C14H18O6. The third-order valence-corrected chi connectivity index (χ3v) is 3.64. The highest BCUT2D eigenvalue weighted by Gasteiger charge is 2.48. The van der Waals surface area contributed by atoms with Crippen molar-refractivity contribution >= 4 is 0 Å². The summed E-state index contributed by atoms with van der Waals surface area (Å²) in [5.74, 6) is 0. The van der Waals surface area contributed by atoms with Crippen molar-refractivity contribution in [2.24, 2.45) is 0 Å². The molecule has 2 aliphatic heterocycles. The standard InChI is InChI=1S/C14H18O6/c1-17-14-11(16)10(15)12-9(19-14)7-18-13(20-12)8-5-3-2-4-6-8/h2-6,9-16H,7H2,1H3/t9-,10-,11-,12-,13-,14-/m0/s1. The molecule has 0 radical (unpaired) electrons. The van der Waals surface area contributed by atoms with Crippen molar-refractivity contribution in [1.82, 2.24) is 0 Å². The minimum absolute atomic E-state index is 0.272. The maximum atomic E-state index is 10.1. The van der Waals surface area contributed by atoms with E-state index in [2.05, 4.69) is 0 Å². The van der Waals surface area contributed by atoms with Crippen molar-refractivity contribution in [1.29, 1.82) is 0 Å². The fraction of sp³-hybridized carbons (Fsp3) is 0.571. The monoisotopic (exact) mass is 282 g/mol. The summed E-state index contributed by atoms with van der Waals surface area (Å²) >= 11 is 0. The Morgan fingerprint density at radius 2 is 1.85 bits per heavy atom. The van der Waals surface area contributed by atoms with Crippen LogP contribution in [0.1, 0.15) is 11.9 Å². The molecule has 6 atom stereocenters. The van der Waals surface area contributed by atoms with Crippen LogP contribution >= 0.6 is 0 Å². The molecule has 2 aliphatic rings. The maximum absolute atomic E-state index is 10.1. The molecule has 2 fully saturated rings. The average molecular weight is 282 g/mol. The summed E-state index contributed by atoms with van der Waals surface area (Å²) in [6.07, 6.45) is -4.76. The molecule has 6 heteroatoms. The van der Waals surface area contributed by atoms with Gasteiger partial charge < -0.3 is 29.2 Å². The highest BCUT2D eigenvalue weighted by molar-refractivity contribution is 5.16. The average Bonchev–Trinajstić information content (AvgIpc) is 2.51. The lowest BCUT2D eigenvalue weighted by molar-refractivity contribution is -0.358. The zero-order chi connectivity index (χ0) is 14.1. The third kappa shape index (κ3) is 2.46. The molecule has 0 saturated carbocycles. The predicted octanol–water partition coefficient (Wildman–Crippen LogP) is 0.194. The molecule has 0 bridgehead atoms. The molecule has 0 unspecified atom stereocenters. The van der Waals surface area contributed by atoms with Crippen LogP contribution in [-0.2, 0) is 18.9 Å². The SMILES string of the molecule is CO[C@H]1O[C@H]2CO[C@H](c3ccccc3)O[C@@H]2[C@@H](O)[C@@H]1O. The van der Waals surface area contributed by atoms with E-state index in [1.807, 2.05) is 30.3 Å². The molecule has 2 N–H and O–H groups in total. The molecule has 0 spiro atoms. The van der Waals surface area contributed by atoms with Crippen molar-refractivity contribution in [3.63, 3.8) is 0 Å². The van der Waals surface area contributed by atoms with Crippen LogP contribution in [0.4, 0.5) is 0 Å². The van der Waals surface area contributed by atoms with Gasteiger partial charge in [-0.1, -0.05) is 30.3 Å². The van der Waals surface area contributed by atoms with E-state index in [9.17, 15) is 10.2 Å². The lowest BCUT2D eigenvalue weighted by atomic mass is 9.98. The van der Waals surface area contributed by atoms with Gasteiger partial charge in [0.25, 0.3) is 0 Å². The van der Waals surface area contributed by atoms with Gasteiger partial charge in [-0.25, -0.2) is 0 Å². The van der Waals surface area contributed by atoms with Crippen molar-refractivity contribution in [2.45, 2.75) is 37.0 Å². The number of fused-ring (bicyclic) bond motifs is 1. The van der Waals surface area contributed by atoms with E-state index in [1.165, 1.54) is 7.11 Å². The van der Waals surface area contributed by atoms with E-state index in [1.54, 1.807) is 0 Å². The second-order valence-electron chi connectivity index (χ2n) is 4.94. The van der Waals surface area contributed by atoms with Gasteiger partial charge in [0.15, 0.2) is 12.6 Å². The number of benzene rings is 1. The topological polar surface area (TPSA) is 77.4 Å². The molecule has 1 aromatic rings. The zero-order valence-electron chi connectivity index (χ0n) is 11.1. The summed E-state index contributed by atoms with van der Waals surface area (Å²) in [7, 11) is 1.41. The van der Waals surface area contributed by atoms with Crippen molar-refractivity contribution < 1.29 is 29.2 Å². The number of rotatable bonds is 2. The van der Waals surface area contributed by atoms with Crippen LogP contribution in [0.2, 0.25) is 0 Å². The van der Waals surface area contributed by atoms with Crippen LogP contribution in [0, 0.1) is 0 Å². The molecular weight excluding hydrogens is 264 g/mol. The molecule has 20 heavy (non-hydrogen) atoms.